The van der Waals surface area contributed by atoms with Gasteiger partial charge in [-0.3, -0.25) is 4.68 Å². The van der Waals surface area contributed by atoms with Gasteiger partial charge in [-0.25, -0.2) is 0 Å². The monoisotopic (exact) mass is 169 g/mol. The number of aryl methyl sites for hydroxylation is 1. The predicted molar refractivity (Wildman–Crippen MR) is 48.0 cm³/mol. The molecule has 4 nitrogen and oxygen atoms in total. The predicted octanol–water partition coefficient (Wildman–Crippen LogP) is 0.603. The molecule has 0 radical (unpaired) electrons. The normalized spacial score (nSPS) is 12.9. The molecule has 12 heavy (non-hydrogen) atoms. The number of rotatable bonds is 4. The van der Waals surface area contributed by atoms with Crippen LogP contribution in [0.25, 0.3) is 0 Å². The maximum Gasteiger partial charge on any atom is 0.148 e. The van der Waals surface area contributed by atoms with Crippen molar-refractivity contribution in [3.63, 3.8) is 0 Å². The van der Waals surface area contributed by atoms with Gasteiger partial charge in [-0.05, 0) is 6.42 Å². The van der Waals surface area contributed by atoms with Crippen LogP contribution in [0.1, 0.15) is 13.3 Å². The van der Waals surface area contributed by atoms with Crippen molar-refractivity contribution in [1.82, 2.24) is 9.78 Å². The lowest BCUT2D eigenvalue weighted by atomic mass is 10.3. The van der Waals surface area contributed by atoms with Crippen LogP contribution in [-0.2, 0) is 7.05 Å². The van der Waals surface area contributed by atoms with E-state index >= 15 is 0 Å². The highest BCUT2D eigenvalue weighted by molar-refractivity contribution is 5.31. The van der Waals surface area contributed by atoms with Crippen LogP contribution in [0.5, 0.6) is 0 Å². The number of nitrogens with one attached hydrogen (secondary N) is 1. The lowest BCUT2D eigenvalue weighted by Gasteiger charge is -2.07. The summed E-state index contributed by atoms with van der Waals surface area (Å²) in [6, 6.07) is 1.88. The first-order chi connectivity index (χ1) is 5.72. The molecular weight excluding hydrogens is 154 g/mol. The van der Waals surface area contributed by atoms with Gasteiger partial charge >= 0.3 is 0 Å². The van der Waals surface area contributed by atoms with E-state index in [1.165, 1.54) is 0 Å². The molecule has 4 heteroatoms. The second-order valence-corrected chi connectivity index (χ2v) is 2.82. The van der Waals surface area contributed by atoms with Crippen LogP contribution >= 0.6 is 0 Å². The van der Waals surface area contributed by atoms with Crippen LogP contribution in [-0.4, -0.2) is 27.5 Å². The van der Waals surface area contributed by atoms with Gasteiger partial charge in [-0.2, -0.15) is 5.10 Å². The van der Waals surface area contributed by atoms with E-state index in [2.05, 4.69) is 10.4 Å². The van der Waals surface area contributed by atoms with Gasteiger partial charge in [0.25, 0.3) is 0 Å². The number of nitrogens with zero attached hydrogens (tertiary/aromatic N) is 2. The average molecular weight is 169 g/mol. The first kappa shape index (κ1) is 9.06. The Morgan fingerprint density at radius 3 is 3.00 bits per heavy atom. The molecule has 0 saturated carbocycles. The minimum atomic E-state index is -0.285. The highest BCUT2D eigenvalue weighted by Gasteiger charge is 2.00. The smallest absolute Gasteiger partial charge is 0.148 e. The highest BCUT2D eigenvalue weighted by Crippen LogP contribution is 2.01. The van der Waals surface area contributed by atoms with Crippen molar-refractivity contribution in [3.05, 3.63) is 12.3 Å². The van der Waals surface area contributed by atoms with E-state index in [0.717, 1.165) is 12.2 Å². The lowest BCUT2D eigenvalue weighted by Crippen LogP contribution is -2.18. The van der Waals surface area contributed by atoms with Gasteiger partial charge in [0, 0.05) is 25.9 Å². The average Bonchev–Trinajstić information content (AvgIpc) is 2.47. The third-order valence-electron chi connectivity index (χ3n) is 1.70. The molecule has 1 heterocycles. The summed E-state index contributed by atoms with van der Waals surface area (Å²) in [6.07, 6.45) is 2.34. The van der Waals surface area contributed by atoms with Crippen molar-refractivity contribution in [2.24, 2.45) is 7.05 Å². The topological polar surface area (TPSA) is 50.1 Å². The van der Waals surface area contributed by atoms with Crippen molar-refractivity contribution in [2.75, 3.05) is 11.9 Å². The maximum absolute atomic E-state index is 9.23. The molecule has 0 aliphatic rings. The standard InChI is InChI=1S/C8H15N3O/c1-3-7(12)6-9-8-4-5-11(2)10-8/h4-5,7,12H,3,6H2,1-2H3,(H,9,10)/t7-/m1/s1. The van der Waals surface area contributed by atoms with Crippen LogP contribution in [0.2, 0.25) is 0 Å². The van der Waals surface area contributed by atoms with E-state index in [1.807, 2.05) is 26.2 Å². The zero-order chi connectivity index (χ0) is 8.97. The molecule has 0 spiro atoms. The summed E-state index contributed by atoms with van der Waals surface area (Å²) in [6.45, 7) is 2.51. The molecule has 0 aromatic carbocycles. The van der Waals surface area contributed by atoms with E-state index < -0.39 is 0 Å². The zero-order valence-corrected chi connectivity index (χ0v) is 7.49. The van der Waals surface area contributed by atoms with Crippen LogP contribution in [0, 0.1) is 0 Å². The molecule has 0 amide bonds. The van der Waals surface area contributed by atoms with Crippen LogP contribution in [0.3, 0.4) is 0 Å². The Labute approximate surface area is 72.2 Å². The summed E-state index contributed by atoms with van der Waals surface area (Å²) in [5.41, 5.74) is 0. The minimum Gasteiger partial charge on any atom is -0.391 e. The van der Waals surface area contributed by atoms with Gasteiger partial charge in [0.2, 0.25) is 0 Å². The largest absolute Gasteiger partial charge is 0.391 e. The van der Waals surface area contributed by atoms with Crippen LogP contribution in [0.15, 0.2) is 12.3 Å². The molecule has 0 unspecified atom stereocenters. The first-order valence-corrected chi connectivity index (χ1v) is 4.14. The fraction of sp³-hybridized carbons (Fsp3) is 0.625. The van der Waals surface area contributed by atoms with Crippen molar-refractivity contribution in [2.45, 2.75) is 19.4 Å². The Bertz CT molecular complexity index is 234. The lowest BCUT2D eigenvalue weighted by molar-refractivity contribution is 0.183. The summed E-state index contributed by atoms with van der Waals surface area (Å²) >= 11 is 0. The molecule has 0 saturated heterocycles. The molecule has 0 aliphatic carbocycles. The molecule has 2 N–H and O–H groups in total. The summed E-state index contributed by atoms with van der Waals surface area (Å²) in [7, 11) is 1.86. The third-order valence-corrected chi connectivity index (χ3v) is 1.70. The van der Waals surface area contributed by atoms with E-state index in [1.54, 1.807) is 4.68 Å². The first-order valence-electron chi connectivity index (χ1n) is 4.14. The fourth-order valence-electron chi connectivity index (χ4n) is 0.876. The SMILES string of the molecule is CC[C@@H](O)CNc1ccn(C)n1. The Kier molecular flexibility index (Phi) is 3.10. The van der Waals surface area contributed by atoms with Gasteiger partial charge in [0.15, 0.2) is 0 Å². The third kappa shape index (κ3) is 2.54. The molecule has 1 aromatic heterocycles. The quantitative estimate of drug-likeness (QED) is 0.694. The summed E-state index contributed by atoms with van der Waals surface area (Å²) < 4.78 is 1.72. The van der Waals surface area contributed by atoms with Crippen molar-refractivity contribution >= 4 is 5.82 Å². The Morgan fingerprint density at radius 2 is 2.50 bits per heavy atom. The number of aromatic nitrogens is 2. The van der Waals surface area contributed by atoms with Crippen molar-refractivity contribution in [1.29, 1.82) is 0 Å². The minimum absolute atomic E-state index is 0.285. The van der Waals surface area contributed by atoms with Gasteiger partial charge in [-0.15, -0.1) is 0 Å². The molecule has 0 fully saturated rings. The van der Waals surface area contributed by atoms with E-state index in [9.17, 15) is 5.11 Å². The molecule has 0 bridgehead atoms. The van der Waals surface area contributed by atoms with Crippen molar-refractivity contribution < 1.29 is 5.11 Å². The number of aliphatic hydroxyl groups excluding tert-OH is 1. The highest BCUT2D eigenvalue weighted by atomic mass is 16.3. The van der Waals surface area contributed by atoms with E-state index in [4.69, 9.17) is 0 Å². The Balaban J connectivity index is 2.33. The zero-order valence-electron chi connectivity index (χ0n) is 7.49. The molecule has 0 aliphatic heterocycles. The maximum atomic E-state index is 9.23. The molecular formula is C8H15N3O. The second-order valence-electron chi connectivity index (χ2n) is 2.82. The summed E-state index contributed by atoms with van der Waals surface area (Å²) in [5, 5.41) is 16.4. The van der Waals surface area contributed by atoms with Gasteiger partial charge in [-0.1, -0.05) is 6.92 Å². The van der Waals surface area contributed by atoms with Crippen LogP contribution in [0.4, 0.5) is 5.82 Å². The van der Waals surface area contributed by atoms with Crippen LogP contribution < -0.4 is 5.32 Å². The molecule has 1 rings (SSSR count). The van der Waals surface area contributed by atoms with Gasteiger partial charge in [0.05, 0.1) is 6.10 Å². The molecule has 68 valence electrons. The van der Waals surface area contributed by atoms with Gasteiger partial charge in [0.1, 0.15) is 5.82 Å². The van der Waals surface area contributed by atoms with E-state index in [0.29, 0.717) is 6.54 Å². The number of aliphatic hydroxyl groups is 1. The molecule has 1 aromatic rings. The Hall–Kier alpha value is -1.03. The second kappa shape index (κ2) is 4.11. The molecule has 1 atom stereocenters. The fourth-order valence-corrected chi connectivity index (χ4v) is 0.876. The number of hydrogen-bond acceptors (Lipinski definition) is 3. The van der Waals surface area contributed by atoms with Gasteiger partial charge < -0.3 is 10.4 Å². The van der Waals surface area contributed by atoms with E-state index in [-0.39, 0.29) is 6.10 Å². The summed E-state index contributed by atoms with van der Waals surface area (Å²) in [4.78, 5) is 0. The summed E-state index contributed by atoms with van der Waals surface area (Å²) in [5.74, 6) is 0.810. The number of anilines is 1. The Morgan fingerprint density at radius 1 is 1.75 bits per heavy atom. The van der Waals surface area contributed by atoms with Crippen molar-refractivity contribution in [3.8, 4) is 0 Å². The number of hydrogen-bond donors (Lipinski definition) is 2.